The Balaban J connectivity index is 1.74. The monoisotopic (exact) mass is 535 g/mol. The topological polar surface area (TPSA) is 120 Å². The molecule has 3 atom stereocenters. The standard InChI is InChI=1S/C24H27Cl2N5O5/c1-5-18(32)28-13-6-7-36-11-14(13)29-24-27-10-12-8-15(31(2)23(33)22(12)30-24)19-20(25)16(34-3)9-17(35-4)21(19)26/h5,8-10,13-14,18,28,32H,1,6-7,11H2,2-4H3,(H,27,29,30)/t13-,14+,18?/m0/s1. The van der Waals surface area contributed by atoms with Gasteiger partial charge in [0.2, 0.25) is 5.95 Å². The number of rotatable bonds is 8. The number of methoxy groups -OCH3 is 2. The molecule has 0 bridgehead atoms. The fraction of sp³-hybridized carbons (Fsp3) is 0.375. The quantitative estimate of drug-likeness (QED) is 0.295. The van der Waals surface area contributed by atoms with Crippen LogP contribution in [-0.4, -0.2) is 65.4 Å². The number of pyridine rings is 1. The van der Waals surface area contributed by atoms with Crippen LogP contribution in [-0.2, 0) is 11.8 Å². The number of hydrogen-bond acceptors (Lipinski definition) is 9. The lowest BCUT2D eigenvalue weighted by Gasteiger charge is -2.33. The number of ether oxygens (including phenoxy) is 3. The number of aliphatic hydroxyl groups is 1. The Hall–Kier alpha value is -2.89. The van der Waals surface area contributed by atoms with Crippen molar-refractivity contribution in [3.8, 4) is 22.8 Å². The Bertz CT molecular complexity index is 1320. The van der Waals surface area contributed by atoms with Crippen molar-refractivity contribution in [2.45, 2.75) is 24.7 Å². The first-order valence-electron chi connectivity index (χ1n) is 11.2. The number of anilines is 1. The number of benzene rings is 1. The molecular formula is C24H27Cl2N5O5. The lowest BCUT2D eigenvalue weighted by molar-refractivity contribution is 0.0507. The van der Waals surface area contributed by atoms with E-state index < -0.39 is 6.23 Å². The normalized spacial score (nSPS) is 18.6. The maximum absolute atomic E-state index is 13.4. The van der Waals surface area contributed by atoms with Crippen LogP contribution >= 0.6 is 23.2 Å². The third kappa shape index (κ3) is 5.00. The van der Waals surface area contributed by atoms with Crippen molar-refractivity contribution in [1.29, 1.82) is 0 Å². The minimum absolute atomic E-state index is 0.108. The Kier molecular flexibility index (Phi) is 8.01. The van der Waals surface area contributed by atoms with Gasteiger partial charge in [-0.2, -0.15) is 0 Å². The summed E-state index contributed by atoms with van der Waals surface area (Å²) in [5.74, 6) is 0.980. The molecular weight excluding hydrogens is 509 g/mol. The van der Waals surface area contributed by atoms with Crippen LogP contribution in [0.15, 0.2) is 35.8 Å². The van der Waals surface area contributed by atoms with E-state index in [1.807, 2.05) is 0 Å². The smallest absolute Gasteiger partial charge is 0.277 e. The van der Waals surface area contributed by atoms with Crippen molar-refractivity contribution < 1.29 is 19.3 Å². The SMILES string of the molecule is C=CC(O)N[C@H]1CCOC[C@H]1Nc1ncc2cc(-c3c(Cl)c(OC)cc(OC)c3Cl)n(C)c(=O)c2n1. The Morgan fingerprint density at radius 1 is 1.25 bits per heavy atom. The van der Waals surface area contributed by atoms with Gasteiger partial charge in [0.05, 0.1) is 42.6 Å². The minimum atomic E-state index is -0.852. The lowest BCUT2D eigenvalue weighted by atomic mass is 10.0. The summed E-state index contributed by atoms with van der Waals surface area (Å²) in [5.41, 5.74) is 0.700. The van der Waals surface area contributed by atoms with Gasteiger partial charge in [-0.3, -0.25) is 10.1 Å². The van der Waals surface area contributed by atoms with Gasteiger partial charge in [-0.25, -0.2) is 9.97 Å². The number of halogens is 2. The molecule has 3 N–H and O–H groups in total. The minimum Gasteiger partial charge on any atom is -0.495 e. The van der Waals surface area contributed by atoms with Crippen LogP contribution in [0.25, 0.3) is 22.2 Å². The molecule has 1 aliphatic rings. The first-order chi connectivity index (χ1) is 17.3. The summed E-state index contributed by atoms with van der Waals surface area (Å²) in [7, 11) is 4.57. The van der Waals surface area contributed by atoms with E-state index in [4.69, 9.17) is 37.4 Å². The predicted molar refractivity (Wildman–Crippen MR) is 139 cm³/mol. The zero-order valence-corrected chi connectivity index (χ0v) is 21.6. The van der Waals surface area contributed by atoms with Crippen molar-refractivity contribution in [1.82, 2.24) is 19.9 Å². The van der Waals surface area contributed by atoms with Gasteiger partial charge in [0, 0.05) is 42.9 Å². The largest absolute Gasteiger partial charge is 0.495 e. The highest BCUT2D eigenvalue weighted by Crippen LogP contribution is 2.45. The van der Waals surface area contributed by atoms with E-state index in [-0.39, 0.29) is 39.2 Å². The van der Waals surface area contributed by atoms with E-state index in [1.54, 1.807) is 25.4 Å². The van der Waals surface area contributed by atoms with Gasteiger partial charge in [-0.1, -0.05) is 29.8 Å². The molecule has 1 fully saturated rings. The average Bonchev–Trinajstić information content (AvgIpc) is 2.88. The van der Waals surface area contributed by atoms with E-state index in [0.29, 0.717) is 47.8 Å². The van der Waals surface area contributed by atoms with Crippen molar-refractivity contribution in [3.63, 3.8) is 0 Å². The van der Waals surface area contributed by atoms with Crippen LogP contribution in [0.1, 0.15) is 6.42 Å². The number of nitrogens with zero attached hydrogens (tertiary/aromatic N) is 3. The fourth-order valence-corrected chi connectivity index (χ4v) is 4.83. The number of nitrogens with one attached hydrogen (secondary N) is 2. The Labute approximate surface area is 217 Å². The van der Waals surface area contributed by atoms with E-state index in [1.165, 1.54) is 24.9 Å². The molecule has 36 heavy (non-hydrogen) atoms. The van der Waals surface area contributed by atoms with Crippen molar-refractivity contribution in [2.75, 3.05) is 32.8 Å². The molecule has 0 amide bonds. The average molecular weight is 536 g/mol. The molecule has 4 rings (SSSR count). The summed E-state index contributed by atoms with van der Waals surface area (Å²) < 4.78 is 17.7. The third-order valence-electron chi connectivity index (χ3n) is 6.09. The molecule has 3 heterocycles. The van der Waals surface area contributed by atoms with Gasteiger partial charge < -0.3 is 29.2 Å². The third-order valence-corrected chi connectivity index (χ3v) is 6.84. The molecule has 1 saturated heterocycles. The summed E-state index contributed by atoms with van der Waals surface area (Å²) in [6, 6.07) is 2.99. The number of aromatic nitrogens is 3. The molecule has 0 saturated carbocycles. The zero-order valence-electron chi connectivity index (χ0n) is 20.0. The summed E-state index contributed by atoms with van der Waals surface area (Å²) in [6.07, 6.45) is 2.79. The number of fused-ring (bicyclic) bond motifs is 1. The number of aliphatic hydroxyl groups excluding tert-OH is 1. The van der Waals surface area contributed by atoms with Crippen LogP contribution in [0.3, 0.4) is 0 Å². The molecule has 192 valence electrons. The van der Waals surface area contributed by atoms with Gasteiger partial charge in [-0.15, -0.1) is 0 Å². The maximum Gasteiger partial charge on any atom is 0.277 e. The molecule has 12 heteroatoms. The molecule has 1 aromatic carbocycles. The van der Waals surface area contributed by atoms with Crippen molar-refractivity contribution >= 4 is 40.1 Å². The first-order valence-corrected chi connectivity index (χ1v) is 11.9. The fourth-order valence-electron chi connectivity index (χ4n) is 4.13. The van der Waals surface area contributed by atoms with E-state index >= 15 is 0 Å². The second kappa shape index (κ2) is 11.0. The van der Waals surface area contributed by atoms with Crippen LogP contribution < -0.4 is 25.7 Å². The van der Waals surface area contributed by atoms with Gasteiger partial charge >= 0.3 is 0 Å². The highest BCUT2D eigenvalue weighted by molar-refractivity contribution is 6.41. The molecule has 0 aliphatic carbocycles. The van der Waals surface area contributed by atoms with Crippen molar-refractivity contribution in [2.24, 2.45) is 7.05 Å². The molecule has 1 unspecified atom stereocenters. The van der Waals surface area contributed by atoms with E-state index in [0.717, 1.165) is 0 Å². The second-order valence-electron chi connectivity index (χ2n) is 8.24. The van der Waals surface area contributed by atoms with Crippen molar-refractivity contribution in [3.05, 3.63) is 51.4 Å². The summed E-state index contributed by atoms with van der Waals surface area (Å²) in [4.78, 5) is 22.2. The zero-order chi connectivity index (χ0) is 26.0. The van der Waals surface area contributed by atoms with E-state index in [9.17, 15) is 9.90 Å². The van der Waals surface area contributed by atoms with Crippen LogP contribution in [0.4, 0.5) is 5.95 Å². The molecule has 1 aliphatic heterocycles. The van der Waals surface area contributed by atoms with Gasteiger partial charge in [-0.05, 0) is 18.6 Å². The Morgan fingerprint density at radius 3 is 2.58 bits per heavy atom. The predicted octanol–water partition coefficient (Wildman–Crippen LogP) is 2.98. The maximum atomic E-state index is 13.4. The highest BCUT2D eigenvalue weighted by atomic mass is 35.5. The number of hydrogen-bond donors (Lipinski definition) is 3. The van der Waals surface area contributed by atoms with Crippen LogP contribution in [0.5, 0.6) is 11.5 Å². The second-order valence-corrected chi connectivity index (χ2v) is 9.00. The molecule has 2 aromatic heterocycles. The summed E-state index contributed by atoms with van der Waals surface area (Å²) >= 11 is 13.2. The van der Waals surface area contributed by atoms with Crippen LogP contribution in [0.2, 0.25) is 10.0 Å². The van der Waals surface area contributed by atoms with Gasteiger partial charge in [0.15, 0.2) is 0 Å². The summed E-state index contributed by atoms with van der Waals surface area (Å²) in [6.45, 7) is 4.53. The summed E-state index contributed by atoms with van der Waals surface area (Å²) in [5, 5.41) is 17.2. The Morgan fingerprint density at radius 2 is 1.94 bits per heavy atom. The molecule has 10 nitrogen and oxygen atoms in total. The molecule has 3 aromatic rings. The first kappa shape index (κ1) is 26.2. The lowest BCUT2D eigenvalue weighted by Crippen LogP contribution is -2.53. The molecule has 0 spiro atoms. The van der Waals surface area contributed by atoms with Gasteiger partial charge in [0.1, 0.15) is 23.2 Å². The highest BCUT2D eigenvalue weighted by Gasteiger charge is 2.28. The molecule has 0 radical (unpaired) electrons. The van der Waals surface area contributed by atoms with E-state index in [2.05, 4.69) is 27.2 Å². The van der Waals surface area contributed by atoms with Crippen LogP contribution in [0, 0.1) is 0 Å². The van der Waals surface area contributed by atoms with Gasteiger partial charge in [0.25, 0.3) is 5.56 Å².